The van der Waals surface area contributed by atoms with E-state index in [1.165, 1.54) is 7.11 Å². The van der Waals surface area contributed by atoms with Gasteiger partial charge >= 0.3 is 12.1 Å². The number of hydrogen-bond donors (Lipinski definition) is 5. The third-order valence-electron chi connectivity index (χ3n) is 17.8. The molecule has 12 aromatic carbocycles. The van der Waals surface area contributed by atoms with Crippen molar-refractivity contribution in [2.75, 3.05) is 34.5 Å². The van der Waals surface area contributed by atoms with Crippen LogP contribution in [0.4, 0.5) is 50.3 Å². The smallest absolute Gasteiger partial charge is 0.412 e. The highest BCUT2D eigenvalue weighted by Gasteiger charge is 2.25. The van der Waals surface area contributed by atoms with Crippen LogP contribution in [0.1, 0.15) is 79.7 Å². The minimum absolute atomic E-state index is 0.138. The zero-order valence-corrected chi connectivity index (χ0v) is 63.3. The van der Waals surface area contributed by atoms with Crippen LogP contribution in [0.15, 0.2) is 343 Å². The van der Waals surface area contributed by atoms with Crippen molar-refractivity contribution in [2.45, 2.75) is 26.4 Å². The number of hydrogen-bond acceptors (Lipinski definition) is 17. The Hall–Kier alpha value is -15.3. The molecule has 0 unspecified atom stereocenters. The second-order valence-electron chi connectivity index (χ2n) is 26.9. The predicted octanol–water partition coefficient (Wildman–Crippen LogP) is 22.4. The van der Waals surface area contributed by atoms with Gasteiger partial charge in [0, 0.05) is 52.6 Å². The lowest BCUT2D eigenvalue weighted by Gasteiger charge is -2.20. The van der Waals surface area contributed by atoms with Gasteiger partial charge in [0.05, 0.1) is 63.7 Å². The fourth-order valence-corrected chi connectivity index (χ4v) is 12.5. The van der Waals surface area contributed by atoms with Gasteiger partial charge in [0.2, 0.25) is 0 Å². The molecule has 0 fully saturated rings. The maximum absolute atomic E-state index is 13.1. The van der Waals surface area contributed by atoms with Crippen molar-refractivity contribution in [2.24, 2.45) is 15.0 Å². The van der Waals surface area contributed by atoms with Crippen molar-refractivity contribution in [1.29, 1.82) is 0 Å². The first kappa shape index (κ1) is 76.5. The van der Waals surface area contributed by atoms with E-state index in [9.17, 15) is 19.2 Å². The van der Waals surface area contributed by atoms with Crippen molar-refractivity contribution < 1.29 is 47.6 Å². The number of fused-ring (bicyclic) bond motifs is 8. The molecule has 115 heavy (non-hydrogen) atoms. The number of esters is 1. The predicted molar refractivity (Wildman–Crippen MR) is 453 cm³/mol. The fourth-order valence-electron chi connectivity index (χ4n) is 12.2. The molecule has 4 aliphatic heterocycles. The fraction of sp³-hybridized carbons (Fsp3) is 0.0532. The van der Waals surface area contributed by atoms with Gasteiger partial charge in [0.1, 0.15) is 50.8 Å². The van der Waals surface area contributed by atoms with E-state index in [0.29, 0.717) is 67.5 Å². The molecule has 4 aliphatic rings. The molecule has 3 amide bonds. The molecular weight excluding hydrogens is 1460 g/mol. The SMILES string of the molecule is CC(C)(C)OC(=O)Nc1ccc(-c2ccncc2)cc1N.COC(=O)c1ccc(C2=Nc3ccccc3Oc3ccccc32)cc1.ClC1=Nc2ccccc2Oc2ccccc21.Nc1ccc(-c2ccncc2)cc1NC(=O)c1ccc(C2=Nc3ccccc3Oc3ccccc32)cc1.O=C1Nc2ccccc2Oc2ccccc21. The number of carbonyl (C=O) groups is 4. The van der Waals surface area contributed by atoms with E-state index in [2.05, 4.69) is 30.9 Å². The molecule has 0 saturated heterocycles. The first-order chi connectivity index (χ1) is 55.9. The molecule has 566 valence electrons. The summed E-state index contributed by atoms with van der Waals surface area (Å²) in [5, 5.41) is 8.86. The van der Waals surface area contributed by atoms with Gasteiger partial charge in [-0.25, -0.2) is 24.6 Å². The number of halogens is 1. The summed E-state index contributed by atoms with van der Waals surface area (Å²) in [5.74, 6) is 4.88. The number of para-hydroxylation sites is 12. The summed E-state index contributed by atoms with van der Waals surface area (Å²) in [6, 6.07) is 94.0. The zero-order valence-electron chi connectivity index (χ0n) is 62.5. The highest BCUT2D eigenvalue weighted by Crippen LogP contribution is 2.43. The maximum Gasteiger partial charge on any atom is 0.412 e. The van der Waals surface area contributed by atoms with Crippen molar-refractivity contribution in [3.8, 4) is 68.2 Å². The van der Waals surface area contributed by atoms with Crippen LogP contribution in [0.3, 0.4) is 0 Å². The summed E-state index contributed by atoms with van der Waals surface area (Å²) in [5.41, 5.74) is 28.1. The average molecular weight is 1540 g/mol. The number of pyridine rings is 2. The first-order valence-corrected chi connectivity index (χ1v) is 36.7. The summed E-state index contributed by atoms with van der Waals surface area (Å²) in [4.78, 5) is 70.5. The largest absolute Gasteiger partial charge is 0.465 e. The van der Waals surface area contributed by atoms with E-state index in [-0.39, 0.29) is 17.8 Å². The van der Waals surface area contributed by atoms with E-state index >= 15 is 0 Å². The number of nitrogens with one attached hydrogen (secondary N) is 3. The van der Waals surface area contributed by atoms with Crippen LogP contribution >= 0.6 is 11.6 Å². The molecule has 0 radical (unpaired) electrons. The molecule has 6 heterocycles. The monoisotopic (exact) mass is 1540 g/mol. The van der Waals surface area contributed by atoms with Crippen LogP contribution < -0.4 is 46.4 Å². The Morgan fingerprint density at radius 2 is 0.791 bits per heavy atom. The van der Waals surface area contributed by atoms with Gasteiger partial charge in [-0.2, -0.15) is 0 Å². The molecule has 20 nitrogen and oxygen atoms in total. The average Bonchev–Trinajstić information content (AvgIpc) is 1.62. The van der Waals surface area contributed by atoms with Crippen LogP contribution in [0.25, 0.3) is 22.3 Å². The topological polar surface area (TPSA) is 275 Å². The lowest BCUT2D eigenvalue weighted by atomic mass is 10.00. The number of methoxy groups -OCH3 is 1. The van der Waals surface area contributed by atoms with Gasteiger partial charge in [0.25, 0.3) is 11.8 Å². The van der Waals surface area contributed by atoms with E-state index in [1.54, 1.807) is 73.3 Å². The molecule has 7 N–H and O–H groups in total. The Kier molecular flexibility index (Phi) is 23.4. The molecule has 0 bridgehead atoms. The number of nitrogens with zero attached hydrogens (tertiary/aromatic N) is 5. The summed E-state index contributed by atoms with van der Waals surface area (Å²) in [6.45, 7) is 5.42. The van der Waals surface area contributed by atoms with Gasteiger partial charge in [-0.05, 0) is 213 Å². The number of carbonyl (C=O) groups excluding carboxylic acids is 4. The molecule has 0 atom stereocenters. The minimum atomic E-state index is -0.546. The van der Waals surface area contributed by atoms with Crippen LogP contribution in [-0.2, 0) is 9.47 Å². The lowest BCUT2D eigenvalue weighted by Crippen LogP contribution is -2.27. The van der Waals surface area contributed by atoms with Crippen LogP contribution in [0, 0.1) is 0 Å². The molecule has 0 spiro atoms. The van der Waals surface area contributed by atoms with Gasteiger partial charge in [-0.3, -0.25) is 24.9 Å². The third-order valence-corrected chi connectivity index (χ3v) is 18.1. The van der Waals surface area contributed by atoms with Crippen LogP contribution in [0.2, 0.25) is 0 Å². The zero-order chi connectivity index (χ0) is 79.8. The normalized spacial score (nSPS) is 12.0. The maximum atomic E-state index is 13.1. The standard InChI is InChI=1S/C31H22N4O2.C21H15NO3.C16H19N3O2.C13H8ClNO.C13H9NO2/c32-25-14-13-23(20-15-17-33-18-16-20)19-27(25)35-31(36)22-11-9-21(10-12-22)30-24-5-1-3-7-28(24)37-29-8-4-2-6-26(29)34-30;1-24-21(23)15-12-10-14(11-13-15)20-16-6-2-4-8-18(16)25-19-9-5-3-7-17(19)22-20;1-16(2,3)21-15(20)19-14-5-4-12(10-13(14)17)11-6-8-18-9-7-11;14-13-9-5-1-3-7-11(9)16-12-8-4-2-6-10(12)15-13;15-13-9-5-1-3-7-11(9)16-12-8-4-2-6-10(12)14-13/h1-19H,32H2,(H,35,36);2-13H,1H3;4-10H,17H2,1-3H3,(H,19,20);1-8H;1-8H,(H,14,15). The van der Waals surface area contributed by atoms with E-state index in [1.807, 2.05) is 276 Å². The summed E-state index contributed by atoms with van der Waals surface area (Å²) < 4.78 is 33.6. The van der Waals surface area contributed by atoms with Gasteiger partial charge in [-0.1, -0.05) is 145 Å². The molecule has 18 rings (SSSR count). The summed E-state index contributed by atoms with van der Waals surface area (Å²) in [7, 11) is 1.37. The molecule has 14 aromatic rings. The number of anilines is 5. The van der Waals surface area contributed by atoms with Crippen molar-refractivity contribution in [3.63, 3.8) is 0 Å². The van der Waals surface area contributed by atoms with E-state index in [4.69, 9.17) is 61.5 Å². The number of ether oxygens (including phenoxy) is 6. The summed E-state index contributed by atoms with van der Waals surface area (Å²) >= 11 is 6.15. The second-order valence-corrected chi connectivity index (χ2v) is 27.2. The van der Waals surface area contributed by atoms with Crippen molar-refractivity contribution in [1.82, 2.24) is 9.97 Å². The molecular formula is C94H73ClN10O10. The van der Waals surface area contributed by atoms with Crippen molar-refractivity contribution >= 4 is 97.6 Å². The van der Waals surface area contributed by atoms with Crippen LogP contribution in [-0.4, -0.2) is 63.1 Å². The Balaban J connectivity index is 0.000000123. The lowest BCUT2D eigenvalue weighted by molar-refractivity contribution is 0.0598. The number of aromatic nitrogens is 2. The highest BCUT2D eigenvalue weighted by atomic mass is 35.5. The van der Waals surface area contributed by atoms with E-state index in [0.717, 1.165) is 107 Å². The molecule has 0 saturated carbocycles. The molecule has 2 aromatic heterocycles. The van der Waals surface area contributed by atoms with Gasteiger partial charge in [-0.15, -0.1) is 0 Å². The first-order valence-electron chi connectivity index (χ1n) is 36.3. The number of nitrogen functional groups attached to an aromatic ring is 2. The Bertz CT molecular complexity index is 6030. The quantitative estimate of drug-likeness (QED) is 0.0699. The second kappa shape index (κ2) is 35.2. The van der Waals surface area contributed by atoms with Gasteiger partial charge in [0.15, 0.2) is 23.0 Å². The van der Waals surface area contributed by atoms with E-state index < -0.39 is 11.7 Å². The summed E-state index contributed by atoms with van der Waals surface area (Å²) in [6.07, 6.45) is 6.38. The number of nitrogens with two attached hydrogens (primary N) is 2. The highest BCUT2D eigenvalue weighted by molar-refractivity contribution is 6.70. The third kappa shape index (κ3) is 18.8. The number of benzene rings is 12. The van der Waals surface area contributed by atoms with Crippen LogP contribution in [0.5, 0.6) is 46.0 Å². The van der Waals surface area contributed by atoms with Gasteiger partial charge < -0.3 is 50.5 Å². The minimum Gasteiger partial charge on any atom is -0.465 e. The Labute approximate surface area is 668 Å². The number of aliphatic imine (C=N–C) groups is 3. The Morgan fingerprint density at radius 3 is 1.30 bits per heavy atom. The Morgan fingerprint density at radius 1 is 0.391 bits per heavy atom. The van der Waals surface area contributed by atoms with Crippen molar-refractivity contribution in [3.05, 3.63) is 373 Å². The molecule has 21 heteroatoms. The number of amides is 3. The number of rotatable bonds is 8. The molecule has 0 aliphatic carbocycles.